The van der Waals surface area contributed by atoms with E-state index in [2.05, 4.69) is 10.4 Å². The number of nitrogens with one attached hydrogen (secondary N) is 1. The molecule has 0 fully saturated rings. The SMILES string of the molecule is C[C@H](N)C(=O)NCc1ccc(-n2ccc(C(F)(F)F)n2)cc1. The van der Waals surface area contributed by atoms with Crippen LogP contribution < -0.4 is 11.1 Å². The highest BCUT2D eigenvalue weighted by Gasteiger charge is 2.33. The number of aromatic nitrogens is 2. The minimum atomic E-state index is -4.46. The molecule has 22 heavy (non-hydrogen) atoms. The van der Waals surface area contributed by atoms with Gasteiger partial charge in [-0.1, -0.05) is 12.1 Å². The Morgan fingerprint density at radius 1 is 1.32 bits per heavy atom. The summed E-state index contributed by atoms with van der Waals surface area (Å²) in [5.74, 6) is -0.272. The Morgan fingerprint density at radius 3 is 2.45 bits per heavy atom. The minimum absolute atomic E-state index is 0.272. The van der Waals surface area contributed by atoms with E-state index >= 15 is 0 Å². The molecule has 2 aromatic rings. The molecule has 1 aromatic carbocycles. The average Bonchev–Trinajstić information content (AvgIpc) is 2.95. The van der Waals surface area contributed by atoms with Crippen LogP contribution in [0.3, 0.4) is 0 Å². The molecule has 0 spiro atoms. The third-order valence-corrected chi connectivity index (χ3v) is 2.96. The summed E-state index contributed by atoms with van der Waals surface area (Å²) in [4.78, 5) is 11.3. The van der Waals surface area contributed by atoms with Crippen LogP contribution in [0.25, 0.3) is 5.69 Å². The maximum absolute atomic E-state index is 12.5. The summed E-state index contributed by atoms with van der Waals surface area (Å²) in [6, 6.07) is 6.97. The van der Waals surface area contributed by atoms with Crippen LogP contribution >= 0.6 is 0 Å². The summed E-state index contributed by atoms with van der Waals surface area (Å²) in [5, 5.41) is 6.13. The zero-order chi connectivity index (χ0) is 16.3. The second-order valence-electron chi connectivity index (χ2n) is 4.82. The Hall–Kier alpha value is -2.35. The number of carbonyl (C=O) groups excluding carboxylic acids is 1. The Bertz CT molecular complexity index is 647. The zero-order valence-corrected chi connectivity index (χ0v) is 11.8. The summed E-state index contributed by atoms with van der Waals surface area (Å²) in [5.41, 5.74) is 5.78. The van der Waals surface area contributed by atoms with Crippen molar-refractivity contribution in [3.8, 4) is 5.69 Å². The number of halogens is 3. The van der Waals surface area contributed by atoms with Gasteiger partial charge in [0.25, 0.3) is 0 Å². The van der Waals surface area contributed by atoms with Gasteiger partial charge in [-0.25, -0.2) is 4.68 Å². The zero-order valence-electron chi connectivity index (χ0n) is 11.8. The molecule has 1 aromatic heterocycles. The van der Waals surface area contributed by atoms with Gasteiger partial charge in [0.15, 0.2) is 5.69 Å². The number of amides is 1. The highest BCUT2D eigenvalue weighted by Crippen LogP contribution is 2.27. The molecular formula is C14H15F3N4O. The van der Waals surface area contributed by atoms with E-state index in [0.717, 1.165) is 16.3 Å². The number of benzene rings is 1. The molecule has 0 saturated heterocycles. The van der Waals surface area contributed by atoms with Crippen molar-refractivity contribution in [2.45, 2.75) is 25.7 Å². The first-order valence-electron chi connectivity index (χ1n) is 6.53. The van der Waals surface area contributed by atoms with Crippen molar-refractivity contribution in [1.82, 2.24) is 15.1 Å². The summed E-state index contributed by atoms with van der Waals surface area (Å²) in [6.45, 7) is 1.88. The molecule has 0 aliphatic rings. The lowest BCUT2D eigenvalue weighted by atomic mass is 10.2. The van der Waals surface area contributed by atoms with Crippen LogP contribution in [-0.2, 0) is 17.5 Å². The summed E-state index contributed by atoms with van der Waals surface area (Å²) in [6.07, 6.45) is -3.22. The van der Waals surface area contributed by atoms with Crippen LogP contribution in [-0.4, -0.2) is 21.7 Å². The van der Waals surface area contributed by atoms with Crippen molar-refractivity contribution in [2.75, 3.05) is 0 Å². The average molecular weight is 312 g/mol. The van der Waals surface area contributed by atoms with Gasteiger partial charge in [0.05, 0.1) is 11.7 Å². The first-order chi connectivity index (χ1) is 10.3. The Labute approximate surface area is 124 Å². The van der Waals surface area contributed by atoms with Crippen molar-refractivity contribution in [1.29, 1.82) is 0 Å². The van der Waals surface area contributed by atoms with Crippen LogP contribution in [0.2, 0.25) is 0 Å². The smallest absolute Gasteiger partial charge is 0.351 e. The molecular weight excluding hydrogens is 297 g/mol. The largest absolute Gasteiger partial charge is 0.435 e. The number of rotatable bonds is 4. The molecule has 0 aliphatic carbocycles. The van der Waals surface area contributed by atoms with Crippen LogP contribution in [0.1, 0.15) is 18.2 Å². The summed E-state index contributed by atoms with van der Waals surface area (Å²) in [7, 11) is 0. The second-order valence-corrected chi connectivity index (χ2v) is 4.82. The Morgan fingerprint density at radius 2 is 1.95 bits per heavy atom. The van der Waals surface area contributed by atoms with E-state index in [1.54, 1.807) is 31.2 Å². The molecule has 118 valence electrons. The van der Waals surface area contributed by atoms with Crippen LogP contribution in [0, 0.1) is 0 Å². The monoisotopic (exact) mass is 312 g/mol. The molecule has 5 nitrogen and oxygen atoms in total. The molecule has 1 atom stereocenters. The molecule has 2 rings (SSSR count). The number of hydrogen-bond donors (Lipinski definition) is 2. The summed E-state index contributed by atoms with van der Waals surface area (Å²) >= 11 is 0. The molecule has 1 heterocycles. The molecule has 3 N–H and O–H groups in total. The molecule has 8 heteroatoms. The van der Waals surface area contributed by atoms with E-state index in [9.17, 15) is 18.0 Å². The second kappa shape index (κ2) is 6.18. The fourth-order valence-electron chi connectivity index (χ4n) is 1.74. The predicted octanol–water partition coefficient (Wildman–Crippen LogP) is 1.85. The first kappa shape index (κ1) is 16.0. The van der Waals surface area contributed by atoms with Crippen LogP contribution in [0.15, 0.2) is 36.5 Å². The third kappa shape index (κ3) is 3.85. The van der Waals surface area contributed by atoms with Gasteiger partial charge in [0.1, 0.15) is 0 Å². The van der Waals surface area contributed by atoms with Crippen molar-refractivity contribution in [3.63, 3.8) is 0 Å². The lowest BCUT2D eigenvalue weighted by Crippen LogP contribution is -2.37. The van der Waals surface area contributed by atoms with Gasteiger partial charge in [-0.2, -0.15) is 18.3 Å². The Kier molecular flexibility index (Phi) is 4.51. The van der Waals surface area contributed by atoms with Crippen molar-refractivity contribution >= 4 is 5.91 Å². The number of nitrogens with two attached hydrogens (primary N) is 1. The van der Waals surface area contributed by atoms with Gasteiger partial charge in [-0.05, 0) is 30.7 Å². The highest BCUT2D eigenvalue weighted by atomic mass is 19.4. The first-order valence-corrected chi connectivity index (χ1v) is 6.53. The van der Waals surface area contributed by atoms with E-state index in [4.69, 9.17) is 5.73 Å². The maximum Gasteiger partial charge on any atom is 0.435 e. The maximum atomic E-state index is 12.5. The van der Waals surface area contributed by atoms with Gasteiger partial charge < -0.3 is 11.1 Å². The number of nitrogens with zero attached hydrogens (tertiary/aromatic N) is 2. The van der Waals surface area contributed by atoms with Crippen molar-refractivity contribution in [3.05, 3.63) is 47.8 Å². The van der Waals surface area contributed by atoms with Crippen molar-refractivity contribution in [2.24, 2.45) is 5.73 Å². The standard InChI is InChI=1S/C14H15F3N4O/c1-9(18)13(22)19-8-10-2-4-11(5-3-10)21-7-6-12(20-21)14(15,16)17/h2-7,9H,8,18H2,1H3,(H,19,22)/t9-/m0/s1. The third-order valence-electron chi connectivity index (χ3n) is 2.96. The fourth-order valence-corrected chi connectivity index (χ4v) is 1.74. The number of carbonyl (C=O) groups is 1. The van der Waals surface area contributed by atoms with Gasteiger partial charge in [-0.15, -0.1) is 0 Å². The van der Waals surface area contributed by atoms with E-state index in [1.807, 2.05) is 0 Å². The normalized spacial score (nSPS) is 13.0. The quantitative estimate of drug-likeness (QED) is 0.905. The van der Waals surface area contributed by atoms with E-state index in [0.29, 0.717) is 12.2 Å². The van der Waals surface area contributed by atoms with Gasteiger partial charge >= 0.3 is 6.18 Å². The van der Waals surface area contributed by atoms with Crippen LogP contribution in [0.5, 0.6) is 0 Å². The molecule has 0 aliphatic heterocycles. The van der Waals surface area contributed by atoms with Crippen LogP contribution in [0.4, 0.5) is 13.2 Å². The molecule has 0 unspecified atom stereocenters. The molecule has 1 amide bonds. The predicted molar refractivity (Wildman–Crippen MR) is 74.1 cm³/mol. The molecule has 0 radical (unpaired) electrons. The Balaban J connectivity index is 2.06. The molecule has 0 bridgehead atoms. The van der Waals surface area contributed by atoms with E-state index in [1.165, 1.54) is 6.20 Å². The lowest BCUT2D eigenvalue weighted by Gasteiger charge is -2.08. The topological polar surface area (TPSA) is 72.9 Å². The lowest BCUT2D eigenvalue weighted by molar-refractivity contribution is -0.141. The van der Waals surface area contributed by atoms with Crippen molar-refractivity contribution < 1.29 is 18.0 Å². The van der Waals surface area contributed by atoms with Gasteiger partial charge in [0, 0.05) is 12.7 Å². The number of alkyl halides is 3. The fraction of sp³-hybridized carbons (Fsp3) is 0.286. The van der Waals surface area contributed by atoms with E-state index in [-0.39, 0.29) is 5.91 Å². The van der Waals surface area contributed by atoms with E-state index < -0.39 is 17.9 Å². The minimum Gasteiger partial charge on any atom is -0.351 e. The molecule has 0 saturated carbocycles. The van der Waals surface area contributed by atoms with Gasteiger partial charge in [0.2, 0.25) is 5.91 Å². The van der Waals surface area contributed by atoms with Gasteiger partial charge in [-0.3, -0.25) is 4.79 Å². The number of hydrogen-bond acceptors (Lipinski definition) is 3. The highest BCUT2D eigenvalue weighted by molar-refractivity contribution is 5.80. The summed E-state index contributed by atoms with van der Waals surface area (Å²) < 4.78 is 38.6.